The highest BCUT2D eigenvalue weighted by molar-refractivity contribution is 5.79. The fraction of sp³-hybridized carbons (Fsp3) is 0.857. The van der Waals surface area contributed by atoms with E-state index in [1.807, 2.05) is 0 Å². The molecule has 1 fully saturated rings. The molecule has 0 aromatic heterocycles. The Balaban J connectivity index is 2.81. The first-order valence-electron chi connectivity index (χ1n) is 3.36. The van der Waals surface area contributed by atoms with E-state index in [4.69, 9.17) is 5.11 Å². The van der Waals surface area contributed by atoms with Crippen molar-refractivity contribution in [2.75, 3.05) is 0 Å². The van der Waals surface area contributed by atoms with Crippen LogP contribution in [0.2, 0.25) is 0 Å². The molecule has 0 radical (unpaired) electrons. The van der Waals surface area contributed by atoms with Crippen molar-refractivity contribution in [2.24, 2.45) is 5.41 Å². The lowest BCUT2D eigenvalue weighted by atomic mass is 9.59. The van der Waals surface area contributed by atoms with Crippen LogP contribution in [0.15, 0.2) is 0 Å². The van der Waals surface area contributed by atoms with Crippen molar-refractivity contribution in [3.63, 3.8) is 0 Å². The standard InChI is InChI=1S/C7H12O3/c1-6(2)3-4-7(6,10)5(8)9/h10H,3-4H2,1-2H3,(H,8,9). The lowest BCUT2D eigenvalue weighted by Crippen LogP contribution is -2.59. The molecule has 10 heavy (non-hydrogen) atoms. The number of aliphatic hydroxyl groups is 1. The van der Waals surface area contributed by atoms with Crippen LogP contribution >= 0.6 is 0 Å². The van der Waals surface area contributed by atoms with Gasteiger partial charge in [0.1, 0.15) is 0 Å². The second-order valence-corrected chi connectivity index (χ2v) is 3.55. The van der Waals surface area contributed by atoms with Gasteiger partial charge in [-0.25, -0.2) is 4.79 Å². The molecule has 0 spiro atoms. The van der Waals surface area contributed by atoms with Crippen LogP contribution in [0.3, 0.4) is 0 Å². The van der Waals surface area contributed by atoms with Gasteiger partial charge in [-0.05, 0) is 12.8 Å². The van der Waals surface area contributed by atoms with E-state index in [1.165, 1.54) is 0 Å². The lowest BCUT2D eigenvalue weighted by Gasteiger charge is -2.48. The lowest BCUT2D eigenvalue weighted by molar-refractivity contribution is -0.196. The molecule has 0 amide bonds. The van der Waals surface area contributed by atoms with Crippen LogP contribution in [0.1, 0.15) is 26.7 Å². The minimum absolute atomic E-state index is 0.384. The molecule has 2 N–H and O–H groups in total. The van der Waals surface area contributed by atoms with E-state index < -0.39 is 17.0 Å². The summed E-state index contributed by atoms with van der Waals surface area (Å²) >= 11 is 0. The molecule has 3 nitrogen and oxygen atoms in total. The zero-order valence-electron chi connectivity index (χ0n) is 6.22. The van der Waals surface area contributed by atoms with E-state index in [2.05, 4.69) is 0 Å². The number of rotatable bonds is 1. The Labute approximate surface area is 59.7 Å². The number of hydrogen-bond donors (Lipinski definition) is 2. The molecule has 58 valence electrons. The molecule has 0 aliphatic heterocycles. The fourth-order valence-corrected chi connectivity index (χ4v) is 1.26. The smallest absolute Gasteiger partial charge is 0.336 e. The van der Waals surface area contributed by atoms with Crippen molar-refractivity contribution >= 4 is 5.97 Å². The number of carboxylic acids is 1. The van der Waals surface area contributed by atoms with Gasteiger partial charge in [-0.2, -0.15) is 0 Å². The molecule has 0 bridgehead atoms. The summed E-state index contributed by atoms with van der Waals surface area (Å²) in [4.78, 5) is 10.5. The van der Waals surface area contributed by atoms with Crippen LogP contribution in [0, 0.1) is 5.41 Å². The molecule has 3 heteroatoms. The Morgan fingerprint density at radius 1 is 1.40 bits per heavy atom. The first-order valence-corrected chi connectivity index (χ1v) is 3.36. The predicted octanol–water partition coefficient (Wildman–Crippen LogP) is 0.622. The van der Waals surface area contributed by atoms with E-state index >= 15 is 0 Å². The Kier molecular flexibility index (Phi) is 1.30. The summed E-state index contributed by atoms with van der Waals surface area (Å²) in [5, 5.41) is 18.0. The van der Waals surface area contributed by atoms with Crippen LogP contribution < -0.4 is 0 Å². The molecule has 0 saturated heterocycles. The monoisotopic (exact) mass is 144 g/mol. The maximum Gasteiger partial charge on any atom is 0.336 e. The third-order valence-corrected chi connectivity index (χ3v) is 2.59. The first kappa shape index (κ1) is 7.54. The Hall–Kier alpha value is -0.570. The van der Waals surface area contributed by atoms with E-state index in [-0.39, 0.29) is 0 Å². The zero-order chi connectivity index (χ0) is 7.99. The molecule has 1 atom stereocenters. The Morgan fingerprint density at radius 3 is 1.90 bits per heavy atom. The molecular formula is C7H12O3. The van der Waals surface area contributed by atoms with Gasteiger partial charge in [0.05, 0.1) is 0 Å². The topological polar surface area (TPSA) is 57.5 Å². The quantitative estimate of drug-likeness (QED) is 0.567. The van der Waals surface area contributed by atoms with Crippen LogP contribution in [-0.4, -0.2) is 21.8 Å². The molecule has 1 unspecified atom stereocenters. The normalized spacial score (nSPS) is 36.7. The maximum atomic E-state index is 10.5. The summed E-state index contributed by atoms with van der Waals surface area (Å²) in [7, 11) is 0. The van der Waals surface area contributed by atoms with Crippen molar-refractivity contribution in [3.05, 3.63) is 0 Å². The van der Waals surface area contributed by atoms with Gasteiger partial charge < -0.3 is 10.2 Å². The van der Waals surface area contributed by atoms with Crippen LogP contribution in [0.4, 0.5) is 0 Å². The summed E-state index contributed by atoms with van der Waals surface area (Å²) in [6, 6.07) is 0. The van der Waals surface area contributed by atoms with E-state index in [0.29, 0.717) is 6.42 Å². The average molecular weight is 144 g/mol. The highest BCUT2D eigenvalue weighted by Crippen LogP contribution is 2.49. The van der Waals surface area contributed by atoms with Gasteiger partial charge in [-0.1, -0.05) is 13.8 Å². The third kappa shape index (κ3) is 0.669. The molecular weight excluding hydrogens is 132 g/mol. The summed E-state index contributed by atoms with van der Waals surface area (Å²) in [5.41, 5.74) is -1.91. The summed E-state index contributed by atoms with van der Waals surface area (Å²) in [6.07, 6.45) is 1.17. The number of carbonyl (C=O) groups is 1. The fourth-order valence-electron chi connectivity index (χ4n) is 1.26. The summed E-state index contributed by atoms with van der Waals surface area (Å²) in [5.74, 6) is -1.09. The molecule has 1 aliphatic carbocycles. The van der Waals surface area contributed by atoms with E-state index in [9.17, 15) is 9.90 Å². The number of carboxylic acid groups (broad SMARTS) is 1. The number of aliphatic carboxylic acids is 1. The second-order valence-electron chi connectivity index (χ2n) is 3.55. The van der Waals surface area contributed by atoms with Gasteiger partial charge in [0, 0.05) is 5.41 Å². The summed E-state index contributed by atoms with van der Waals surface area (Å²) < 4.78 is 0. The van der Waals surface area contributed by atoms with Crippen molar-refractivity contribution in [1.82, 2.24) is 0 Å². The van der Waals surface area contributed by atoms with Gasteiger partial charge in [-0.15, -0.1) is 0 Å². The van der Waals surface area contributed by atoms with E-state index in [1.54, 1.807) is 13.8 Å². The first-order chi connectivity index (χ1) is 4.40. The van der Waals surface area contributed by atoms with Crippen LogP contribution in [0.5, 0.6) is 0 Å². The van der Waals surface area contributed by atoms with Crippen LogP contribution in [0.25, 0.3) is 0 Å². The molecule has 0 aromatic carbocycles. The van der Waals surface area contributed by atoms with Gasteiger partial charge in [0.25, 0.3) is 0 Å². The highest BCUT2D eigenvalue weighted by Gasteiger charge is 2.57. The van der Waals surface area contributed by atoms with Crippen LogP contribution in [-0.2, 0) is 4.79 Å². The maximum absolute atomic E-state index is 10.5. The van der Waals surface area contributed by atoms with Gasteiger partial charge >= 0.3 is 5.97 Å². The molecule has 1 rings (SSSR count). The van der Waals surface area contributed by atoms with Crippen molar-refractivity contribution in [1.29, 1.82) is 0 Å². The Morgan fingerprint density at radius 2 is 1.90 bits per heavy atom. The molecule has 1 saturated carbocycles. The van der Waals surface area contributed by atoms with Crippen molar-refractivity contribution in [2.45, 2.75) is 32.3 Å². The van der Waals surface area contributed by atoms with Gasteiger partial charge in [0.15, 0.2) is 5.60 Å². The Bertz CT molecular complexity index is 174. The molecule has 0 aromatic rings. The SMILES string of the molecule is CC1(C)CCC1(O)C(=O)O. The van der Waals surface area contributed by atoms with Gasteiger partial charge in [-0.3, -0.25) is 0 Å². The second kappa shape index (κ2) is 1.72. The van der Waals surface area contributed by atoms with Crippen molar-refractivity contribution in [3.8, 4) is 0 Å². The minimum atomic E-state index is -1.47. The molecule has 1 aliphatic rings. The van der Waals surface area contributed by atoms with E-state index in [0.717, 1.165) is 6.42 Å². The minimum Gasteiger partial charge on any atom is -0.479 e. The largest absolute Gasteiger partial charge is 0.479 e. The molecule has 0 heterocycles. The highest BCUT2D eigenvalue weighted by atomic mass is 16.4. The summed E-state index contributed by atoms with van der Waals surface area (Å²) in [6.45, 7) is 3.54. The average Bonchev–Trinajstić information content (AvgIpc) is 1.83. The van der Waals surface area contributed by atoms with Crippen molar-refractivity contribution < 1.29 is 15.0 Å². The predicted molar refractivity (Wildman–Crippen MR) is 35.6 cm³/mol. The zero-order valence-corrected chi connectivity index (χ0v) is 6.22. The third-order valence-electron chi connectivity index (χ3n) is 2.59. The number of hydrogen-bond acceptors (Lipinski definition) is 2. The van der Waals surface area contributed by atoms with Gasteiger partial charge in [0.2, 0.25) is 0 Å².